The van der Waals surface area contributed by atoms with E-state index >= 15 is 0 Å². The normalized spacial score (nSPS) is 10.1. The van der Waals surface area contributed by atoms with E-state index in [1.54, 1.807) is 0 Å². The maximum absolute atomic E-state index is 7.92. The predicted molar refractivity (Wildman–Crippen MR) is 28.7 cm³/mol. The van der Waals surface area contributed by atoms with Crippen LogP contribution in [0, 0.1) is 5.41 Å². The largest absolute Gasteiger partial charge is 0.447 e. The monoisotopic (exact) mass is 278 g/mol. The van der Waals surface area contributed by atoms with Gasteiger partial charge >= 0.3 is 0 Å². The summed E-state index contributed by atoms with van der Waals surface area (Å²) in [5.74, 6) is 0. The van der Waals surface area contributed by atoms with E-state index in [4.69, 9.17) is 5.21 Å². The van der Waals surface area contributed by atoms with Crippen LogP contribution in [0.15, 0.2) is 5.16 Å². The second-order valence-electron chi connectivity index (χ2n) is 2.46. The van der Waals surface area contributed by atoms with Crippen molar-refractivity contribution < 1.29 is 70.6 Å². The number of hydrogen-bond acceptors (Lipinski definition) is 2. The van der Waals surface area contributed by atoms with Gasteiger partial charge in [-0.3, -0.25) is 0 Å². The Morgan fingerprint density at radius 3 is 1.56 bits per heavy atom. The van der Waals surface area contributed by atoms with Gasteiger partial charge in [-0.1, -0.05) is 20.8 Å². The maximum atomic E-state index is 7.92. The molecule has 0 rings (SSSR count). The van der Waals surface area contributed by atoms with Crippen LogP contribution >= 0.6 is 0 Å². The summed E-state index contributed by atoms with van der Waals surface area (Å²) in [7, 11) is 0. The van der Waals surface area contributed by atoms with Crippen LogP contribution in [0.25, 0.3) is 0 Å². The van der Waals surface area contributed by atoms with Gasteiger partial charge in [0.25, 0.3) is 0 Å². The molecule has 9 heavy (non-hydrogen) atoms. The molecule has 0 spiro atoms. The molecule has 1 N–H and O–H groups in total. The van der Waals surface area contributed by atoms with Crippen LogP contribution in [0.3, 0.4) is 0 Å². The Morgan fingerprint density at radius 2 is 1.56 bits per heavy atom. The molecule has 0 aliphatic rings. The molecule has 0 heterocycles. The first kappa shape index (κ1) is 17.0. The van der Waals surface area contributed by atoms with Crippen molar-refractivity contribution in [1.82, 2.24) is 0 Å². The molecule has 2 radical (unpaired) electrons. The van der Waals surface area contributed by atoms with Crippen LogP contribution in [-0.2, 0) is 65.4 Å². The van der Waals surface area contributed by atoms with Crippen LogP contribution in [0.5, 0.6) is 0 Å². The van der Waals surface area contributed by atoms with E-state index in [0.29, 0.717) is 0 Å². The van der Waals surface area contributed by atoms with Crippen LogP contribution < -0.4 is 0 Å². The molecular weight excluding hydrogens is 268 g/mol. The molecule has 0 aromatic rings. The number of rotatable bonds is 0. The fraction of sp³-hybridized carbons (Fsp3) is 0.800. The van der Waals surface area contributed by atoms with Crippen molar-refractivity contribution in [2.24, 2.45) is 10.6 Å². The molecule has 0 fully saturated rings. The third-order valence-corrected chi connectivity index (χ3v) is 0.385. The first-order chi connectivity index (χ1) is 3.06. The maximum Gasteiger partial charge on any atom is 0 e. The van der Waals surface area contributed by atoms with Crippen molar-refractivity contribution in [2.75, 3.05) is 0 Å². The van der Waals surface area contributed by atoms with E-state index in [0.717, 1.165) is 0 Å². The Kier molecular flexibility index (Phi) is 14.7. The second-order valence-corrected chi connectivity index (χ2v) is 2.46. The van der Waals surface area contributed by atoms with Crippen LogP contribution in [0.2, 0.25) is 0 Å². The Bertz CT molecular complexity index is 77.5. The van der Waals surface area contributed by atoms with Gasteiger partial charge in [0.2, 0.25) is 0 Å². The van der Waals surface area contributed by atoms with E-state index < -0.39 is 0 Å². The molecule has 0 saturated carbocycles. The van der Waals surface area contributed by atoms with Gasteiger partial charge in [-0.25, -0.2) is 0 Å². The van der Waals surface area contributed by atoms with Gasteiger partial charge < -0.3 is 16.6 Å². The minimum atomic E-state index is -0.116. The quantitative estimate of drug-likeness (QED) is 0.308. The van der Waals surface area contributed by atoms with Gasteiger partial charge in [0.05, 0.1) is 0 Å². The summed E-state index contributed by atoms with van der Waals surface area (Å²) in [5.41, 5.74) is -0.116. The standard InChI is InChI=1S/C5H10NO.2Y/c1-5(2,3)4-6-7;;/h7H,1-3H3;;/q-1;;. The Morgan fingerprint density at radius 1 is 1.22 bits per heavy atom. The van der Waals surface area contributed by atoms with Gasteiger partial charge in [0.15, 0.2) is 0 Å². The summed E-state index contributed by atoms with van der Waals surface area (Å²) in [6.45, 7) is 5.73. The zero-order valence-electron chi connectivity index (χ0n) is 6.05. The van der Waals surface area contributed by atoms with Crippen LogP contribution in [0.1, 0.15) is 20.8 Å². The fourth-order valence-corrected chi connectivity index (χ4v) is 0.150. The SMILES string of the molecule is CC(C)(C)[C-]=NO.[Y].[Y]. The minimum absolute atomic E-state index is 0. The third-order valence-electron chi connectivity index (χ3n) is 0.385. The average molecular weight is 278 g/mol. The van der Waals surface area contributed by atoms with Gasteiger partial charge in [0.1, 0.15) is 0 Å². The second kappa shape index (κ2) is 7.78. The average Bonchev–Trinajstić information content (AvgIpc) is 1.30. The van der Waals surface area contributed by atoms with E-state index in [-0.39, 0.29) is 70.8 Å². The molecule has 0 aromatic carbocycles. The summed E-state index contributed by atoms with van der Waals surface area (Å²) in [6, 6.07) is 0. The zero-order valence-corrected chi connectivity index (χ0v) is 11.7. The summed E-state index contributed by atoms with van der Waals surface area (Å²) >= 11 is 0. The molecule has 0 aliphatic heterocycles. The first-order valence-corrected chi connectivity index (χ1v) is 2.17. The van der Waals surface area contributed by atoms with Crippen LogP contribution in [-0.4, -0.2) is 11.4 Å². The predicted octanol–water partition coefficient (Wildman–Crippen LogP) is 1.36. The molecule has 0 aliphatic carbocycles. The van der Waals surface area contributed by atoms with Crippen LogP contribution in [0.4, 0.5) is 0 Å². The molecule has 48 valence electrons. The molecular formula is C5H10NOY2-. The van der Waals surface area contributed by atoms with E-state index in [2.05, 4.69) is 11.4 Å². The minimum Gasteiger partial charge on any atom is -0.447 e. The van der Waals surface area contributed by atoms with Crippen molar-refractivity contribution in [1.29, 1.82) is 0 Å². The topological polar surface area (TPSA) is 32.6 Å². The van der Waals surface area contributed by atoms with E-state index in [1.165, 1.54) is 0 Å². The molecule has 0 saturated heterocycles. The molecule has 0 amide bonds. The first-order valence-electron chi connectivity index (χ1n) is 2.17. The molecule has 0 atom stereocenters. The van der Waals surface area contributed by atoms with Gasteiger partial charge in [-0.05, 0) is 0 Å². The summed E-state index contributed by atoms with van der Waals surface area (Å²) in [5, 5.41) is 10.7. The molecule has 4 heteroatoms. The van der Waals surface area contributed by atoms with Gasteiger partial charge in [0, 0.05) is 65.4 Å². The molecule has 2 nitrogen and oxygen atoms in total. The van der Waals surface area contributed by atoms with E-state index in [9.17, 15) is 0 Å². The summed E-state index contributed by atoms with van der Waals surface area (Å²) < 4.78 is 0. The Balaban J connectivity index is -0.000000180. The number of nitrogens with zero attached hydrogens (tertiary/aromatic N) is 1. The van der Waals surface area contributed by atoms with Gasteiger partial charge in [-0.15, -0.1) is 0 Å². The molecule has 0 unspecified atom stereocenters. The van der Waals surface area contributed by atoms with Crippen molar-refractivity contribution in [2.45, 2.75) is 20.8 Å². The zero-order chi connectivity index (χ0) is 5.91. The van der Waals surface area contributed by atoms with Crippen molar-refractivity contribution in [3.8, 4) is 0 Å². The van der Waals surface area contributed by atoms with Crippen molar-refractivity contribution >= 4 is 6.21 Å². The Labute approximate surface area is 107 Å². The van der Waals surface area contributed by atoms with Gasteiger partial charge in [-0.2, -0.15) is 5.41 Å². The third kappa shape index (κ3) is 17.7. The Hall–Kier alpha value is 1.68. The van der Waals surface area contributed by atoms with Crippen molar-refractivity contribution in [3.05, 3.63) is 0 Å². The number of hydrogen-bond donors (Lipinski definition) is 1. The molecule has 0 bridgehead atoms. The molecule has 0 aromatic heterocycles. The summed E-state index contributed by atoms with van der Waals surface area (Å²) in [6.07, 6.45) is 2.47. The van der Waals surface area contributed by atoms with Crippen molar-refractivity contribution in [3.63, 3.8) is 0 Å². The van der Waals surface area contributed by atoms with E-state index in [1.807, 2.05) is 20.8 Å². The fourth-order valence-electron chi connectivity index (χ4n) is 0.150. The smallest absolute Gasteiger partial charge is 0 e. The summed E-state index contributed by atoms with van der Waals surface area (Å²) in [4.78, 5) is 0.